The first-order valence-electron chi connectivity index (χ1n) is 8.11. The number of hydrogen-bond acceptors (Lipinski definition) is 5. The molecule has 8 nitrogen and oxygen atoms in total. The number of carbonyl (C=O) groups excluding carboxylic acids is 1. The van der Waals surface area contributed by atoms with Crippen LogP contribution in [-0.4, -0.2) is 33.7 Å². The van der Waals surface area contributed by atoms with Gasteiger partial charge in [-0.3, -0.25) is 14.9 Å². The Bertz CT molecular complexity index is 973. The molecule has 0 bridgehead atoms. The summed E-state index contributed by atoms with van der Waals surface area (Å²) >= 11 is 5.96. The Balaban J connectivity index is 1.54. The van der Waals surface area contributed by atoms with E-state index >= 15 is 0 Å². The maximum atomic E-state index is 12.2. The van der Waals surface area contributed by atoms with Gasteiger partial charge in [-0.25, -0.2) is 4.68 Å². The number of nitrogens with one attached hydrogen (secondary N) is 2. The zero-order valence-corrected chi connectivity index (χ0v) is 14.9. The molecule has 2 aromatic carbocycles. The predicted molar refractivity (Wildman–Crippen MR) is 102 cm³/mol. The second kappa shape index (κ2) is 8.33. The first-order chi connectivity index (χ1) is 13.0. The SMILES string of the molecule is O=C(NCCNc1ccccc1[N+](=O)[O-])c1cnn(-c2cccc(Cl)c2)c1. The van der Waals surface area contributed by atoms with Gasteiger partial charge in [-0.1, -0.05) is 29.8 Å². The quantitative estimate of drug-likeness (QED) is 0.369. The molecule has 9 heteroatoms. The molecule has 0 spiro atoms. The van der Waals surface area contributed by atoms with E-state index in [9.17, 15) is 14.9 Å². The second-order valence-electron chi connectivity index (χ2n) is 5.61. The summed E-state index contributed by atoms with van der Waals surface area (Å²) in [5, 5.41) is 21.4. The van der Waals surface area contributed by atoms with Crippen molar-refractivity contribution < 1.29 is 9.72 Å². The van der Waals surface area contributed by atoms with Gasteiger partial charge in [-0.15, -0.1) is 0 Å². The van der Waals surface area contributed by atoms with Crippen LogP contribution in [0.1, 0.15) is 10.4 Å². The lowest BCUT2D eigenvalue weighted by Crippen LogP contribution is -2.28. The number of nitro groups is 1. The maximum absolute atomic E-state index is 12.2. The van der Waals surface area contributed by atoms with Gasteiger partial charge in [0.1, 0.15) is 5.69 Å². The normalized spacial score (nSPS) is 10.4. The monoisotopic (exact) mass is 385 g/mol. The average molecular weight is 386 g/mol. The number of halogens is 1. The van der Waals surface area contributed by atoms with Crippen molar-refractivity contribution in [3.63, 3.8) is 0 Å². The number of rotatable bonds is 7. The molecule has 0 saturated carbocycles. The summed E-state index contributed by atoms with van der Waals surface area (Å²) in [6.45, 7) is 0.645. The highest BCUT2D eigenvalue weighted by molar-refractivity contribution is 6.30. The first-order valence-corrected chi connectivity index (χ1v) is 8.48. The molecule has 1 amide bonds. The largest absolute Gasteiger partial charge is 0.378 e. The van der Waals surface area contributed by atoms with Gasteiger partial charge in [-0.05, 0) is 24.3 Å². The Labute approximate surface area is 159 Å². The van der Waals surface area contributed by atoms with Crippen LogP contribution in [0.2, 0.25) is 5.02 Å². The summed E-state index contributed by atoms with van der Waals surface area (Å²) in [6.07, 6.45) is 3.07. The number of hydrogen-bond donors (Lipinski definition) is 2. The third-order valence-electron chi connectivity index (χ3n) is 3.74. The highest BCUT2D eigenvalue weighted by Crippen LogP contribution is 2.22. The molecule has 3 rings (SSSR count). The predicted octanol–water partition coefficient (Wildman–Crippen LogP) is 3.28. The first kappa shape index (κ1) is 18.4. The van der Waals surface area contributed by atoms with E-state index in [-0.39, 0.29) is 11.6 Å². The van der Waals surface area contributed by atoms with E-state index in [0.29, 0.717) is 29.4 Å². The molecule has 0 atom stereocenters. The topological polar surface area (TPSA) is 102 Å². The fraction of sp³-hybridized carbons (Fsp3) is 0.111. The smallest absolute Gasteiger partial charge is 0.292 e. The van der Waals surface area contributed by atoms with Crippen molar-refractivity contribution >= 4 is 28.9 Å². The van der Waals surface area contributed by atoms with E-state index in [4.69, 9.17) is 11.6 Å². The lowest BCUT2D eigenvalue weighted by Gasteiger charge is -2.07. The molecule has 0 unspecified atom stereocenters. The minimum absolute atomic E-state index is 0.00775. The average Bonchev–Trinajstić information content (AvgIpc) is 3.15. The van der Waals surface area contributed by atoms with Crippen LogP contribution in [-0.2, 0) is 0 Å². The number of benzene rings is 2. The van der Waals surface area contributed by atoms with Gasteiger partial charge in [0.25, 0.3) is 11.6 Å². The lowest BCUT2D eigenvalue weighted by atomic mass is 10.2. The molecule has 27 heavy (non-hydrogen) atoms. The number of aromatic nitrogens is 2. The summed E-state index contributed by atoms with van der Waals surface area (Å²) in [5.74, 6) is -0.285. The number of nitrogens with zero attached hydrogens (tertiary/aromatic N) is 3. The summed E-state index contributed by atoms with van der Waals surface area (Å²) in [6, 6.07) is 13.5. The van der Waals surface area contributed by atoms with E-state index in [1.54, 1.807) is 47.3 Å². The van der Waals surface area contributed by atoms with Crippen LogP contribution in [0.25, 0.3) is 5.69 Å². The van der Waals surface area contributed by atoms with Crippen molar-refractivity contribution in [3.8, 4) is 5.69 Å². The van der Waals surface area contributed by atoms with Crippen LogP contribution in [0.15, 0.2) is 60.9 Å². The summed E-state index contributed by atoms with van der Waals surface area (Å²) in [5.41, 5.74) is 1.55. The molecule has 0 aliphatic rings. The number of nitro benzene ring substituents is 1. The standard InChI is InChI=1S/C18H16ClN5O3/c19-14-4-3-5-15(10-14)23-12-13(11-22-23)18(25)21-9-8-20-16-6-1-2-7-17(16)24(26)27/h1-7,10-12,20H,8-9H2,(H,21,25). The lowest BCUT2D eigenvalue weighted by molar-refractivity contribution is -0.384. The summed E-state index contributed by atoms with van der Waals surface area (Å²) in [7, 11) is 0. The molecule has 2 N–H and O–H groups in total. The Kier molecular flexibility index (Phi) is 5.68. The number of amides is 1. The highest BCUT2D eigenvalue weighted by Gasteiger charge is 2.12. The van der Waals surface area contributed by atoms with Gasteiger partial charge in [0.05, 0.1) is 22.4 Å². The zero-order valence-electron chi connectivity index (χ0n) is 14.1. The van der Waals surface area contributed by atoms with Crippen molar-refractivity contribution in [2.45, 2.75) is 0 Å². The van der Waals surface area contributed by atoms with Crippen molar-refractivity contribution in [1.82, 2.24) is 15.1 Å². The molecule has 1 aromatic heterocycles. The number of carbonyl (C=O) groups is 1. The fourth-order valence-corrected chi connectivity index (χ4v) is 2.64. The molecular weight excluding hydrogens is 370 g/mol. The molecule has 0 fully saturated rings. The van der Waals surface area contributed by atoms with Crippen LogP contribution >= 0.6 is 11.6 Å². The van der Waals surface area contributed by atoms with Crippen molar-refractivity contribution in [1.29, 1.82) is 0 Å². The molecule has 138 valence electrons. The van der Waals surface area contributed by atoms with E-state index in [1.807, 2.05) is 6.07 Å². The number of para-hydroxylation sites is 2. The number of anilines is 1. The molecule has 1 heterocycles. The Morgan fingerprint density at radius 2 is 2.00 bits per heavy atom. The molecule has 0 aliphatic carbocycles. The molecule has 0 saturated heterocycles. The minimum atomic E-state index is -0.453. The van der Waals surface area contributed by atoms with Crippen LogP contribution in [0.4, 0.5) is 11.4 Å². The van der Waals surface area contributed by atoms with Crippen LogP contribution in [0, 0.1) is 10.1 Å². The van der Waals surface area contributed by atoms with Gasteiger partial charge in [0.15, 0.2) is 0 Å². The van der Waals surface area contributed by atoms with Gasteiger partial charge >= 0.3 is 0 Å². The maximum Gasteiger partial charge on any atom is 0.292 e. The minimum Gasteiger partial charge on any atom is -0.378 e. The van der Waals surface area contributed by atoms with E-state index in [2.05, 4.69) is 15.7 Å². The molecule has 3 aromatic rings. The Hall–Kier alpha value is -3.39. The summed E-state index contributed by atoms with van der Waals surface area (Å²) < 4.78 is 1.56. The van der Waals surface area contributed by atoms with Gasteiger partial charge in [0, 0.05) is 30.4 Å². The zero-order chi connectivity index (χ0) is 19.2. The molecule has 0 aliphatic heterocycles. The summed E-state index contributed by atoms with van der Waals surface area (Å²) in [4.78, 5) is 22.7. The highest BCUT2D eigenvalue weighted by atomic mass is 35.5. The van der Waals surface area contributed by atoms with Crippen molar-refractivity contribution in [3.05, 3.63) is 81.6 Å². The van der Waals surface area contributed by atoms with Gasteiger partial charge < -0.3 is 10.6 Å². The molecule has 0 radical (unpaired) electrons. The van der Waals surface area contributed by atoms with Crippen molar-refractivity contribution in [2.24, 2.45) is 0 Å². The third-order valence-corrected chi connectivity index (χ3v) is 3.98. The Morgan fingerprint density at radius 1 is 1.19 bits per heavy atom. The van der Waals surface area contributed by atoms with E-state index < -0.39 is 4.92 Å². The van der Waals surface area contributed by atoms with Crippen molar-refractivity contribution in [2.75, 3.05) is 18.4 Å². The van der Waals surface area contributed by atoms with E-state index in [1.165, 1.54) is 12.3 Å². The van der Waals surface area contributed by atoms with Crippen LogP contribution < -0.4 is 10.6 Å². The fourth-order valence-electron chi connectivity index (χ4n) is 2.46. The second-order valence-corrected chi connectivity index (χ2v) is 6.05. The van der Waals surface area contributed by atoms with Crippen LogP contribution in [0.5, 0.6) is 0 Å². The van der Waals surface area contributed by atoms with E-state index in [0.717, 1.165) is 5.69 Å². The van der Waals surface area contributed by atoms with Gasteiger partial charge in [-0.2, -0.15) is 5.10 Å². The van der Waals surface area contributed by atoms with Crippen LogP contribution in [0.3, 0.4) is 0 Å². The third kappa shape index (κ3) is 4.62. The van der Waals surface area contributed by atoms with Gasteiger partial charge in [0.2, 0.25) is 0 Å². The Morgan fingerprint density at radius 3 is 2.78 bits per heavy atom. The molecular formula is C18H16ClN5O3.